The number of aromatic nitrogens is 5. The summed E-state index contributed by atoms with van der Waals surface area (Å²) in [6.45, 7) is 20.0. The van der Waals surface area contributed by atoms with Gasteiger partial charge in [0.2, 0.25) is 5.13 Å². The third kappa shape index (κ3) is 8.07. The number of hydrogen-bond acceptors (Lipinski definition) is 13. The SMILES string of the molecule is Cc1cc(C)c(Nc2nc(N(c3nc4ccc(C(=O)O)cc4s3)c3c(C)cc(C)cc3C)cc(C)c2/N=N/c2c(C#N)c(C(C)(C)C)nn2-c2nc3ccc(C(=O)O)cc3s2)c(C)c1. The fourth-order valence-corrected chi connectivity index (χ4v) is 9.92. The van der Waals surface area contributed by atoms with Crippen LogP contribution in [-0.2, 0) is 5.41 Å². The summed E-state index contributed by atoms with van der Waals surface area (Å²) in [5, 5.41) is 49.3. The molecular formula is C48H44N10O4S2. The van der Waals surface area contributed by atoms with Crippen molar-refractivity contribution in [2.24, 2.45) is 10.2 Å². The maximum atomic E-state index is 12.0. The van der Waals surface area contributed by atoms with Crippen molar-refractivity contribution in [3.8, 4) is 11.2 Å². The number of rotatable bonds is 10. The van der Waals surface area contributed by atoms with Gasteiger partial charge in [-0.15, -0.1) is 10.2 Å². The molecule has 0 unspecified atom stereocenters. The predicted octanol–water partition coefficient (Wildman–Crippen LogP) is 12.8. The van der Waals surface area contributed by atoms with Crippen molar-refractivity contribution in [3.63, 3.8) is 0 Å². The second kappa shape index (κ2) is 16.4. The minimum absolute atomic E-state index is 0.128. The maximum Gasteiger partial charge on any atom is 0.335 e. The lowest BCUT2D eigenvalue weighted by atomic mass is 9.90. The first-order valence-corrected chi connectivity index (χ1v) is 21.9. The average molecular weight is 889 g/mol. The highest BCUT2D eigenvalue weighted by Gasteiger charge is 2.30. The third-order valence-corrected chi connectivity index (χ3v) is 12.7. The Morgan fingerprint density at radius 2 is 1.30 bits per heavy atom. The summed E-state index contributed by atoms with van der Waals surface area (Å²) in [6.07, 6.45) is 0. The number of anilines is 5. The smallest absolute Gasteiger partial charge is 0.335 e. The highest BCUT2D eigenvalue weighted by Crippen LogP contribution is 2.45. The number of pyridine rings is 1. The summed E-state index contributed by atoms with van der Waals surface area (Å²) in [5.74, 6) is -0.999. The molecule has 0 aliphatic rings. The van der Waals surface area contributed by atoms with E-state index in [1.807, 2.05) is 73.3 Å². The van der Waals surface area contributed by atoms with E-state index in [4.69, 9.17) is 30.3 Å². The third-order valence-electron chi connectivity index (χ3n) is 10.7. The van der Waals surface area contributed by atoms with Crippen molar-refractivity contribution in [2.45, 2.75) is 74.7 Å². The van der Waals surface area contributed by atoms with E-state index in [0.29, 0.717) is 59.3 Å². The van der Waals surface area contributed by atoms with Crippen molar-refractivity contribution < 1.29 is 19.8 Å². The molecule has 322 valence electrons. The zero-order valence-electron chi connectivity index (χ0n) is 36.9. The molecule has 0 fully saturated rings. The highest BCUT2D eigenvalue weighted by molar-refractivity contribution is 7.22. The number of fused-ring (bicyclic) bond motifs is 2. The molecule has 0 bridgehead atoms. The highest BCUT2D eigenvalue weighted by atomic mass is 32.1. The fourth-order valence-electron chi connectivity index (χ4n) is 7.94. The fraction of sp³-hybridized carbons (Fsp3) is 0.229. The topological polar surface area (TPSA) is 195 Å². The first-order chi connectivity index (χ1) is 30.3. The molecule has 4 aromatic carbocycles. The molecule has 3 N–H and O–H groups in total. The van der Waals surface area contributed by atoms with Crippen LogP contribution in [0.1, 0.15) is 91.7 Å². The lowest BCUT2D eigenvalue weighted by Crippen LogP contribution is -2.15. The quantitative estimate of drug-likeness (QED) is 0.111. The largest absolute Gasteiger partial charge is 0.478 e. The molecule has 0 saturated heterocycles. The van der Waals surface area contributed by atoms with E-state index >= 15 is 0 Å². The van der Waals surface area contributed by atoms with Gasteiger partial charge in [-0.05, 0) is 119 Å². The monoisotopic (exact) mass is 888 g/mol. The van der Waals surface area contributed by atoms with Crippen LogP contribution in [0.2, 0.25) is 0 Å². The van der Waals surface area contributed by atoms with Crippen LogP contribution in [0.4, 0.5) is 39.6 Å². The summed E-state index contributed by atoms with van der Waals surface area (Å²) in [7, 11) is 0. The molecule has 0 saturated carbocycles. The maximum absolute atomic E-state index is 12.0. The van der Waals surface area contributed by atoms with Gasteiger partial charge in [0.05, 0.1) is 42.9 Å². The lowest BCUT2D eigenvalue weighted by Gasteiger charge is -2.27. The van der Waals surface area contributed by atoms with Crippen molar-refractivity contribution >= 4 is 94.7 Å². The Morgan fingerprint density at radius 1 is 0.734 bits per heavy atom. The van der Waals surface area contributed by atoms with Gasteiger partial charge in [-0.3, -0.25) is 4.90 Å². The molecule has 0 spiro atoms. The van der Waals surface area contributed by atoms with Gasteiger partial charge in [0, 0.05) is 11.1 Å². The Kier molecular flexibility index (Phi) is 11.1. The minimum Gasteiger partial charge on any atom is -0.478 e. The molecule has 16 heteroatoms. The van der Waals surface area contributed by atoms with Crippen LogP contribution in [-0.4, -0.2) is 46.9 Å². The van der Waals surface area contributed by atoms with Gasteiger partial charge in [-0.1, -0.05) is 78.8 Å². The van der Waals surface area contributed by atoms with E-state index in [-0.39, 0.29) is 22.5 Å². The molecule has 0 radical (unpaired) electrons. The molecule has 0 aliphatic heterocycles. The number of aryl methyl sites for hydroxylation is 7. The van der Waals surface area contributed by atoms with Crippen molar-refractivity contribution in [1.29, 1.82) is 5.26 Å². The number of carboxylic acids is 2. The molecule has 14 nitrogen and oxygen atoms in total. The minimum atomic E-state index is -1.05. The average Bonchev–Trinajstić information content (AvgIpc) is 3.94. The van der Waals surface area contributed by atoms with Crippen LogP contribution in [0.25, 0.3) is 25.6 Å². The van der Waals surface area contributed by atoms with Crippen LogP contribution in [0.3, 0.4) is 0 Å². The van der Waals surface area contributed by atoms with Crippen molar-refractivity contribution in [2.75, 3.05) is 10.2 Å². The Morgan fingerprint density at radius 3 is 1.86 bits per heavy atom. The Bertz CT molecular complexity index is 3270. The van der Waals surface area contributed by atoms with Gasteiger partial charge < -0.3 is 15.5 Å². The van der Waals surface area contributed by atoms with Crippen LogP contribution in [0, 0.1) is 59.8 Å². The molecular weight excluding hydrogens is 845 g/mol. The van der Waals surface area contributed by atoms with Gasteiger partial charge in [-0.2, -0.15) is 15.0 Å². The second-order valence-corrected chi connectivity index (χ2v) is 19.0. The number of carbonyl (C=O) groups is 2. The normalized spacial score (nSPS) is 11.8. The molecule has 8 aromatic rings. The van der Waals surface area contributed by atoms with Crippen LogP contribution >= 0.6 is 22.7 Å². The molecule has 0 aliphatic carbocycles. The zero-order chi connectivity index (χ0) is 45.9. The Hall–Kier alpha value is -7.35. The van der Waals surface area contributed by atoms with E-state index < -0.39 is 17.4 Å². The number of aromatic carboxylic acids is 2. The molecule has 8 rings (SSSR count). The number of hydrogen-bond donors (Lipinski definition) is 3. The van der Waals surface area contributed by atoms with Crippen molar-refractivity contribution in [1.82, 2.24) is 24.7 Å². The molecule has 4 heterocycles. The van der Waals surface area contributed by atoms with Gasteiger partial charge in [-0.25, -0.2) is 24.5 Å². The van der Waals surface area contributed by atoms with Gasteiger partial charge in [0.1, 0.15) is 23.1 Å². The first-order valence-electron chi connectivity index (χ1n) is 20.3. The van der Waals surface area contributed by atoms with Crippen molar-refractivity contribution in [3.05, 3.63) is 128 Å². The summed E-state index contributed by atoms with van der Waals surface area (Å²) < 4.78 is 2.85. The lowest BCUT2D eigenvalue weighted by molar-refractivity contribution is 0.0686. The number of nitrogens with one attached hydrogen (secondary N) is 1. The number of azo groups is 1. The van der Waals surface area contributed by atoms with Crippen LogP contribution in [0.15, 0.2) is 77.0 Å². The standard InChI is InChI=1S/C48H44N10O4S2/c1-23-15-25(3)38(26(4)16-23)53-42-39(54-55-43-32(22-49)41(48(8,9)10)56-58(43)47-51-34-14-12-31(45(61)62)21-36(34)64-47)27(5)19-37(52-42)57(40-28(6)17-24(2)18-29(40)7)46-50-33-13-11-30(44(59)60)20-35(33)63-46/h11-21H,1-10H3,(H,52,53)(H,59,60)(H,61,62)/b55-54+. The zero-order valence-corrected chi connectivity index (χ0v) is 38.5. The predicted molar refractivity (Wildman–Crippen MR) is 253 cm³/mol. The summed E-state index contributed by atoms with van der Waals surface area (Å²) in [5.41, 5.74) is 10.7. The van der Waals surface area contributed by atoms with E-state index in [0.717, 1.165) is 44.8 Å². The molecule has 4 aromatic heterocycles. The van der Waals surface area contributed by atoms with E-state index in [2.05, 4.69) is 42.6 Å². The van der Waals surface area contributed by atoms with E-state index in [9.17, 15) is 25.1 Å². The Labute approximate surface area is 377 Å². The first kappa shape index (κ1) is 43.3. The van der Waals surface area contributed by atoms with Crippen LogP contribution in [0.5, 0.6) is 0 Å². The second-order valence-electron chi connectivity index (χ2n) is 17.0. The summed E-state index contributed by atoms with van der Waals surface area (Å²) in [6, 6.07) is 22.3. The molecule has 64 heavy (non-hydrogen) atoms. The van der Waals surface area contributed by atoms with Crippen LogP contribution < -0.4 is 10.2 Å². The number of carboxylic acid groups (broad SMARTS) is 2. The van der Waals surface area contributed by atoms with E-state index in [1.165, 1.54) is 33.4 Å². The molecule has 0 amide bonds. The summed E-state index contributed by atoms with van der Waals surface area (Å²) >= 11 is 2.60. The number of nitriles is 1. The number of benzene rings is 4. The van der Waals surface area contributed by atoms with Gasteiger partial charge >= 0.3 is 11.9 Å². The van der Waals surface area contributed by atoms with Gasteiger partial charge in [0.15, 0.2) is 16.8 Å². The molecule has 0 atom stereocenters. The summed E-state index contributed by atoms with van der Waals surface area (Å²) in [4.78, 5) is 40.9. The number of nitrogens with zero attached hydrogens (tertiary/aromatic N) is 9. The number of thiazole rings is 2. The Balaban J connectivity index is 1.36. The van der Waals surface area contributed by atoms with Gasteiger partial charge in [0.25, 0.3) is 0 Å². The van der Waals surface area contributed by atoms with E-state index in [1.54, 1.807) is 30.3 Å².